The lowest BCUT2D eigenvalue weighted by atomic mass is 9.50. The standard InChI is InChI=1S/C47H63ClN4O9/c1-27-16-35-40(50-14-15-52(25-31-10-12-34(48)13-11-31)46-21-32-19-33(22-46)24-47(58,23-32)26-46)37(53)20-36(42(35)55)51-44(56)28(2)8-7-9-38(59-5)43(61-45(49)57)30(4)18-29(3)41(54)39(17-27)60-6/h7-13,18,20,27,29,32-33,38-39,41,43,50,54,58H,14-17,19,21-26H2,1-6H3,(H2,49,57)(H,51,56)/b9-7-,28-8+,30-18+/t27-,29+,32?,33?,38+,39+,41-,43+,46?,47?/m1/s1. The summed E-state index contributed by atoms with van der Waals surface area (Å²) in [6, 6.07) is 7.83. The van der Waals surface area contributed by atoms with E-state index in [-0.39, 0.29) is 40.4 Å². The number of halogens is 1. The van der Waals surface area contributed by atoms with Crippen LogP contribution in [0.5, 0.6) is 0 Å². The lowest BCUT2D eigenvalue weighted by Gasteiger charge is -2.63. The summed E-state index contributed by atoms with van der Waals surface area (Å²) in [6.07, 6.45) is 9.27. The summed E-state index contributed by atoms with van der Waals surface area (Å²) >= 11 is 6.26. The smallest absolute Gasteiger partial charge is 0.405 e. The molecule has 0 aromatic heterocycles. The van der Waals surface area contributed by atoms with Crippen molar-refractivity contribution in [3.05, 3.63) is 93.3 Å². The number of nitrogens with one attached hydrogen (secondary N) is 2. The van der Waals surface area contributed by atoms with Crippen molar-refractivity contribution in [3.8, 4) is 0 Å². The van der Waals surface area contributed by atoms with Gasteiger partial charge in [-0.3, -0.25) is 19.3 Å². The Labute approximate surface area is 364 Å². The Morgan fingerprint density at radius 1 is 1.03 bits per heavy atom. The Balaban J connectivity index is 1.30. The molecule has 0 spiro atoms. The average molecular weight is 863 g/mol. The molecule has 8 atom stereocenters. The normalized spacial score (nSPS) is 35.8. The van der Waals surface area contributed by atoms with E-state index in [1.165, 1.54) is 26.4 Å². The summed E-state index contributed by atoms with van der Waals surface area (Å²) in [5, 5.41) is 30.0. The van der Waals surface area contributed by atoms with Crippen LogP contribution in [0.4, 0.5) is 4.79 Å². The number of carbonyl (C=O) groups is 4. The third kappa shape index (κ3) is 10.9. The lowest BCUT2D eigenvalue weighted by Crippen LogP contribution is -2.65. The van der Waals surface area contributed by atoms with Crippen LogP contribution in [-0.4, -0.2) is 102 Å². The first-order chi connectivity index (χ1) is 28.9. The molecule has 0 saturated heterocycles. The number of ether oxygens (including phenoxy) is 3. The molecule has 6 N–H and O–H groups in total. The van der Waals surface area contributed by atoms with Gasteiger partial charge in [-0.15, -0.1) is 0 Å². The van der Waals surface area contributed by atoms with E-state index >= 15 is 0 Å². The molecule has 2 unspecified atom stereocenters. The van der Waals surface area contributed by atoms with Gasteiger partial charge in [0.05, 0.1) is 29.2 Å². The number of hydrogen-bond acceptors (Lipinski definition) is 11. The largest absolute Gasteiger partial charge is 0.439 e. The van der Waals surface area contributed by atoms with Gasteiger partial charge in [-0.05, 0) is 106 Å². The van der Waals surface area contributed by atoms with Crippen LogP contribution in [-0.2, 0) is 35.1 Å². The number of ketones is 2. The van der Waals surface area contributed by atoms with Gasteiger partial charge in [-0.25, -0.2) is 4.79 Å². The lowest BCUT2D eigenvalue weighted by molar-refractivity contribution is -0.177. The highest BCUT2D eigenvalue weighted by molar-refractivity contribution is 6.30. The Hall–Kier alpha value is -4.11. The zero-order chi connectivity index (χ0) is 44.2. The Kier molecular flexibility index (Phi) is 14.8. The van der Waals surface area contributed by atoms with Gasteiger partial charge in [0.15, 0.2) is 6.10 Å². The maximum atomic E-state index is 14.4. The number of nitrogens with two attached hydrogens (primary N) is 1. The van der Waals surface area contributed by atoms with E-state index in [1.807, 2.05) is 38.1 Å². The number of methoxy groups -OCH3 is 2. The molecule has 332 valence electrons. The summed E-state index contributed by atoms with van der Waals surface area (Å²) in [7, 11) is 2.95. The molecule has 4 fully saturated rings. The fraction of sp³-hybridized carbons (Fsp3) is 0.574. The topological polar surface area (TPSA) is 190 Å². The van der Waals surface area contributed by atoms with Gasteiger partial charge in [0.25, 0.3) is 5.91 Å². The molecule has 61 heavy (non-hydrogen) atoms. The third-order valence-electron chi connectivity index (χ3n) is 13.4. The van der Waals surface area contributed by atoms with Crippen molar-refractivity contribution >= 4 is 35.2 Å². The fourth-order valence-electron chi connectivity index (χ4n) is 10.9. The SMILES string of the molecule is CO[C@H]1/C=C\C=C(/C)C(=O)NC2=CC(=O)C(NCCN(Cc3ccc(Cl)cc3)C34CC5CC(CC(O)(C5)C3)C4)=C(C[C@@H](C)C[C@H](OC)[C@H](O)[C@@H](C)/C=C(\C)[C@@H]1OC(N)=O)C2=O. The number of benzene rings is 1. The van der Waals surface area contributed by atoms with Crippen LogP contribution in [0, 0.1) is 23.7 Å². The van der Waals surface area contributed by atoms with Gasteiger partial charge in [0.2, 0.25) is 11.6 Å². The van der Waals surface area contributed by atoms with Crippen LogP contribution in [0.2, 0.25) is 5.02 Å². The number of carbonyl (C=O) groups excluding carboxylic acids is 4. The molecule has 7 rings (SSSR count). The quantitative estimate of drug-likeness (QED) is 0.146. The third-order valence-corrected chi connectivity index (χ3v) is 13.7. The molecule has 1 aliphatic heterocycles. The summed E-state index contributed by atoms with van der Waals surface area (Å²) in [5.74, 6) is -1.29. The van der Waals surface area contributed by atoms with Crippen molar-refractivity contribution in [2.24, 2.45) is 29.4 Å². The molecule has 2 amide bonds. The van der Waals surface area contributed by atoms with Gasteiger partial charge in [0.1, 0.15) is 6.10 Å². The van der Waals surface area contributed by atoms with E-state index in [9.17, 15) is 29.4 Å². The van der Waals surface area contributed by atoms with E-state index < -0.39 is 59.5 Å². The van der Waals surface area contributed by atoms with Crippen LogP contribution >= 0.6 is 11.6 Å². The van der Waals surface area contributed by atoms with Crippen molar-refractivity contribution in [2.45, 2.75) is 121 Å². The second-order valence-electron chi connectivity index (χ2n) is 18.3. The van der Waals surface area contributed by atoms with Gasteiger partial charge in [-0.2, -0.15) is 0 Å². The van der Waals surface area contributed by atoms with E-state index in [4.69, 9.17) is 31.5 Å². The molecule has 13 nitrogen and oxygen atoms in total. The number of aliphatic hydroxyl groups is 2. The number of amides is 2. The minimum absolute atomic E-state index is 0.134. The molecule has 5 aliphatic carbocycles. The number of rotatable bonds is 10. The maximum Gasteiger partial charge on any atom is 0.405 e. The first kappa shape index (κ1) is 46.4. The van der Waals surface area contributed by atoms with E-state index in [1.54, 1.807) is 32.1 Å². The molecule has 1 aromatic rings. The van der Waals surface area contributed by atoms with Crippen LogP contribution < -0.4 is 16.4 Å². The number of fused-ring (bicyclic) bond motifs is 2. The summed E-state index contributed by atoms with van der Waals surface area (Å²) in [6.45, 7) is 8.61. The van der Waals surface area contributed by atoms with Crippen molar-refractivity contribution in [2.75, 3.05) is 27.3 Å². The molecular weight excluding hydrogens is 800 g/mol. The summed E-state index contributed by atoms with van der Waals surface area (Å²) in [4.78, 5) is 56.3. The molecule has 0 radical (unpaired) electrons. The highest BCUT2D eigenvalue weighted by atomic mass is 35.5. The fourth-order valence-corrected chi connectivity index (χ4v) is 11.1. The van der Waals surface area contributed by atoms with Gasteiger partial charge in [-0.1, -0.05) is 61.9 Å². The number of nitrogens with zero attached hydrogens (tertiary/aromatic N) is 1. The molecule has 6 bridgehead atoms. The molecule has 14 heteroatoms. The predicted octanol–water partition coefficient (Wildman–Crippen LogP) is 5.59. The predicted molar refractivity (Wildman–Crippen MR) is 232 cm³/mol. The minimum Gasteiger partial charge on any atom is -0.439 e. The monoisotopic (exact) mass is 862 g/mol. The number of primary amides is 1. The van der Waals surface area contributed by atoms with Gasteiger partial charge < -0.3 is 40.8 Å². The molecule has 1 heterocycles. The zero-order valence-electron chi connectivity index (χ0n) is 36.2. The highest BCUT2D eigenvalue weighted by Gasteiger charge is 2.59. The van der Waals surface area contributed by atoms with Crippen molar-refractivity contribution in [1.82, 2.24) is 15.5 Å². The zero-order valence-corrected chi connectivity index (χ0v) is 37.0. The Bertz CT molecular complexity index is 1980. The number of hydrogen-bond donors (Lipinski definition) is 5. The van der Waals surface area contributed by atoms with Crippen LogP contribution in [0.1, 0.15) is 84.6 Å². The van der Waals surface area contributed by atoms with E-state index in [0.717, 1.165) is 37.7 Å². The minimum atomic E-state index is -1.01. The Morgan fingerprint density at radius 3 is 2.34 bits per heavy atom. The first-order valence-corrected chi connectivity index (χ1v) is 21.8. The van der Waals surface area contributed by atoms with Crippen molar-refractivity contribution in [3.63, 3.8) is 0 Å². The first-order valence-electron chi connectivity index (χ1n) is 21.5. The van der Waals surface area contributed by atoms with E-state index in [2.05, 4.69) is 15.5 Å². The molecule has 1 aromatic carbocycles. The highest BCUT2D eigenvalue weighted by Crippen LogP contribution is 2.59. The molecular formula is C47H63ClN4O9. The molecule has 4 saturated carbocycles. The van der Waals surface area contributed by atoms with Crippen molar-refractivity contribution < 1.29 is 43.6 Å². The number of allylic oxidation sites excluding steroid dienone is 4. The van der Waals surface area contributed by atoms with Crippen LogP contribution in [0.3, 0.4) is 0 Å². The van der Waals surface area contributed by atoms with Crippen molar-refractivity contribution in [1.29, 1.82) is 0 Å². The number of aliphatic hydroxyl groups excluding tert-OH is 1. The molecule has 6 aliphatic rings. The second kappa shape index (κ2) is 19.5. The van der Waals surface area contributed by atoms with Crippen LogP contribution in [0.25, 0.3) is 0 Å². The maximum absolute atomic E-state index is 14.4. The number of Topliss-reactive ketones (excluding diaryl/α,β-unsaturated/α-hetero) is 1. The van der Waals surface area contributed by atoms with Gasteiger partial charge in [0, 0.05) is 67.6 Å². The summed E-state index contributed by atoms with van der Waals surface area (Å²) in [5.41, 5.74) is 6.77. The van der Waals surface area contributed by atoms with Gasteiger partial charge >= 0.3 is 6.09 Å². The van der Waals surface area contributed by atoms with Crippen LogP contribution in [0.15, 0.2) is 82.8 Å². The summed E-state index contributed by atoms with van der Waals surface area (Å²) < 4.78 is 16.9. The average Bonchev–Trinajstić information content (AvgIpc) is 3.19. The second-order valence-corrected chi connectivity index (χ2v) is 18.8. The Morgan fingerprint density at radius 2 is 1.72 bits per heavy atom. The van der Waals surface area contributed by atoms with E-state index in [0.29, 0.717) is 54.9 Å².